The van der Waals surface area contributed by atoms with Gasteiger partial charge in [0, 0.05) is 0 Å². The molecule has 0 saturated carbocycles. The van der Waals surface area contributed by atoms with Crippen molar-refractivity contribution in [3.8, 4) is 5.75 Å². The number of anilines is 1. The van der Waals surface area contributed by atoms with Gasteiger partial charge in [0.1, 0.15) is 0 Å². The monoisotopic (exact) mass is 245 g/mol. The Hall–Kier alpha value is -1.23. The second-order valence-corrected chi connectivity index (χ2v) is 3.42. The Kier molecular flexibility index (Phi) is 2.47. The number of nitrogens with two attached hydrogens (primary N) is 1. The van der Waals surface area contributed by atoms with Crippen LogP contribution >= 0.6 is 15.9 Å². The highest BCUT2D eigenvalue weighted by Crippen LogP contribution is 2.35. The average Bonchev–Trinajstić information content (AvgIpc) is 2.07. The van der Waals surface area contributed by atoms with E-state index in [2.05, 4.69) is 15.9 Å². The Morgan fingerprint density at radius 2 is 2.15 bits per heavy atom. The van der Waals surface area contributed by atoms with Crippen molar-refractivity contribution in [2.75, 3.05) is 5.73 Å². The molecule has 70 valence electrons. The van der Waals surface area contributed by atoms with Gasteiger partial charge in [0.25, 0.3) is 0 Å². The number of benzene rings is 1. The van der Waals surface area contributed by atoms with E-state index in [4.69, 9.17) is 10.8 Å². The van der Waals surface area contributed by atoms with E-state index in [1.54, 1.807) is 6.92 Å². The van der Waals surface area contributed by atoms with E-state index < -0.39 is 5.97 Å². The van der Waals surface area contributed by atoms with Gasteiger partial charge in [-0.1, -0.05) is 0 Å². The van der Waals surface area contributed by atoms with Gasteiger partial charge >= 0.3 is 5.97 Å². The highest BCUT2D eigenvalue weighted by atomic mass is 79.9. The molecule has 4 nitrogen and oxygen atoms in total. The van der Waals surface area contributed by atoms with Crippen LogP contribution in [0.4, 0.5) is 5.69 Å². The molecule has 13 heavy (non-hydrogen) atoms. The van der Waals surface area contributed by atoms with Crippen LogP contribution in [0.2, 0.25) is 0 Å². The first kappa shape index (κ1) is 9.85. The number of aromatic hydroxyl groups is 1. The van der Waals surface area contributed by atoms with Gasteiger partial charge < -0.3 is 15.9 Å². The van der Waals surface area contributed by atoms with Gasteiger partial charge in [-0.25, -0.2) is 4.79 Å². The van der Waals surface area contributed by atoms with Crippen LogP contribution in [-0.2, 0) is 0 Å². The molecule has 4 N–H and O–H groups in total. The number of phenols is 1. The lowest BCUT2D eigenvalue weighted by Gasteiger charge is -2.07. The van der Waals surface area contributed by atoms with Crippen LogP contribution in [0.25, 0.3) is 0 Å². The first-order chi connectivity index (χ1) is 5.95. The maximum atomic E-state index is 10.6. The van der Waals surface area contributed by atoms with Crippen molar-refractivity contribution in [1.29, 1.82) is 0 Å². The van der Waals surface area contributed by atoms with Gasteiger partial charge in [0.2, 0.25) is 0 Å². The van der Waals surface area contributed by atoms with Crippen molar-refractivity contribution in [3.63, 3.8) is 0 Å². The quantitative estimate of drug-likeness (QED) is 0.520. The zero-order chi connectivity index (χ0) is 10.2. The maximum Gasteiger partial charge on any atom is 0.337 e. The number of phenolic OH excluding ortho intramolecular Hbond substituents is 1. The maximum absolute atomic E-state index is 10.6. The van der Waals surface area contributed by atoms with E-state index in [-0.39, 0.29) is 17.0 Å². The molecule has 0 atom stereocenters. The van der Waals surface area contributed by atoms with Gasteiger partial charge in [-0.3, -0.25) is 0 Å². The molecule has 0 spiro atoms. The van der Waals surface area contributed by atoms with E-state index >= 15 is 0 Å². The number of nitrogen functional groups attached to an aromatic ring is 1. The molecule has 0 amide bonds. The van der Waals surface area contributed by atoms with Crippen LogP contribution in [-0.4, -0.2) is 16.2 Å². The number of aromatic carboxylic acids is 1. The number of halogens is 1. The highest BCUT2D eigenvalue weighted by Gasteiger charge is 2.15. The smallest absolute Gasteiger partial charge is 0.337 e. The number of carbonyl (C=O) groups is 1. The Morgan fingerprint density at radius 3 is 2.62 bits per heavy atom. The normalized spacial score (nSPS) is 10.0. The molecule has 0 aliphatic carbocycles. The molecule has 0 radical (unpaired) electrons. The second-order valence-electron chi connectivity index (χ2n) is 2.62. The molecular weight excluding hydrogens is 238 g/mol. The molecule has 0 bridgehead atoms. The molecule has 0 aromatic heterocycles. The van der Waals surface area contributed by atoms with Crippen LogP contribution in [0.5, 0.6) is 5.75 Å². The fraction of sp³-hybridized carbons (Fsp3) is 0.125. The summed E-state index contributed by atoms with van der Waals surface area (Å²) in [5.74, 6) is -1.37. The lowest BCUT2D eigenvalue weighted by atomic mass is 10.1. The fourth-order valence-electron chi connectivity index (χ4n) is 0.967. The van der Waals surface area contributed by atoms with E-state index in [9.17, 15) is 9.90 Å². The molecule has 0 saturated heterocycles. The van der Waals surface area contributed by atoms with Crippen molar-refractivity contribution in [2.45, 2.75) is 6.92 Å². The van der Waals surface area contributed by atoms with Crippen molar-refractivity contribution in [3.05, 3.63) is 21.7 Å². The lowest BCUT2D eigenvalue weighted by Crippen LogP contribution is -2.03. The number of aryl methyl sites for hydroxylation is 1. The predicted octanol–water partition coefficient (Wildman–Crippen LogP) is 1.74. The van der Waals surface area contributed by atoms with Crippen LogP contribution in [0.3, 0.4) is 0 Å². The van der Waals surface area contributed by atoms with Crippen molar-refractivity contribution >= 4 is 27.6 Å². The topological polar surface area (TPSA) is 83.5 Å². The predicted molar refractivity (Wildman–Crippen MR) is 51.9 cm³/mol. The number of hydrogen-bond acceptors (Lipinski definition) is 3. The van der Waals surface area contributed by atoms with E-state index in [0.29, 0.717) is 10.0 Å². The van der Waals surface area contributed by atoms with Crippen LogP contribution in [0.15, 0.2) is 10.5 Å². The summed E-state index contributed by atoms with van der Waals surface area (Å²) in [5.41, 5.74) is 5.82. The van der Waals surface area contributed by atoms with Crippen LogP contribution in [0.1, 0.15) is 15.9 Å². The zero-order valence-electron chi connectivity index (χ0n) is 6.84. The summed E-state index contributed by atoms with van der Waals surface area (Å²) in [6, 6.07) is 1.40. The molecule has 0 aliphatic rings. The second kappa shape index (κ2) is 3.26. The number of rotatable bonds is 1. The third-order valence-electron chi connectivity index (χ3n) is 1.69. The molecule has 0 heterocycles. The first-order valence-electron chi connectivity index (χ1n) is 3.46. The largest absolute Gasteiger partial charge is 0.505 e. The first-order valence-corrected chi connectivity index (χ1v) is 4.25. The van der Waals surface area contributed by atoms with Crippen molar-refractivity contribution in [1.82, 2.24) is 0 Å². The summed E-state index contributed by atoms with van der Waals surface area (Å²) < 4.78 is 0.426. The van der Waals surface area contributed by atoms with Crippen LogP contribution in [0, 0.1) is 6.92 Å². The minimum Gasteiger partial charge on any atom is -0.505 e. The minimum absolute atomic E-state index is 0.0850. The standard InChI is InChI=1S/C8H8BrNO3/c1-3-2-4(8(12)13)6(10)7(11)5(3)9/h2,11H,10H2,1H3,(H,12,13). The number of carboxylic acid groups (broad SMARTS) is 1. The Labute approximate surface area is 83.1 Å². The highest BCUT2D eigenvalue weighted by molar-refractivity contribution is 9.10. The summed E-state index contributed by atoms with van der Waals surface area (Å²) in [7, 11) is 0. The fourth-order valence-corrected chi connectivity index (χ4v) is 1.30. The van der Waals surface area contributed by atoms with E-state index in [1.165, 1.54) is 6.07 Å². The van der Waals surface area contributed by atoms with E-state index in [1.807, 2.05) is 0 Å². The number of hydrogen-bond donors (Lipinski definition) is 3. The summed E-state index contributed by atoms with van der Waals surface area (Å²) in [6.45, 7) is 1.68. The average molecular weight is 246 g/mol. The third-order valence-corrected chi connectivity index (χ3v) is 2.69. The number of carboxylic acids is 1. The molecule has 5 heteroatoms. The SMILES string of the molecule is Cc1cc(C(=O)O)c(N)c(O)c1Br. The Balaban J connectivity index is 3.50. The summed E-state index contributed by atoms with van der Waals surface area (Å²) >= 11 is 3.09. The van der Waals surface area contributed by atoms with Crippen molar-refractivity contribution in [2.24, 2.45) is 0 Å². The van der Waals surface area contributed by atoms with Gasteiger partial charge in [0.05, 0.1) is 15.7 Å². The zero-order valence-corrected chi connectivity index (χ0v) is 8.42. The van der Waals surface area contributed by atoms with E-state index in [0.717, 1.165) is 0 Å². The molecular formula is C8H8BrNO3. The van der Waals surface area contributed by atoms with Gasteiger partial charge in [0.15, 0.2) is 5.75 Å². The Morgan fingerprint density at radius 1 is 1.62 bits per heavy atom. The lowest BCUT2D eigenvalue weighted by molar-refractivity contribution is 0.0697. The molecule has 1 rings (SSSR count). The summed E-state index contributed by atoms with van der Waals surface area (Å²) in [6.07, 6.45) is 0. The summed E-state index contributed by atoms with van der Waals surface area (Å²) in [5, 5.41) is 18.1. The van der Waals surface area contributed by atoms with Gasteiger partial charge in [-0.05, 0) is 34.5 Å². The van der Waals surface area contributed by atoms with Crippen LogP contribution < -0.4 is 5.73 Å². The summed E-state index contributed by atoms with van der Waals surface area (Å²) in [4.78, 5) is 10.6. The van der Waals surface area contributed by atoms with Crippen molar-refractivity contribution < 1.29 is 15.0 Å². The molecule has 0 fully saturated rings. The molecule has 1 aromatic rings. The molecule has 0 unspecified atom stereocenters. The third kappa shape index (κ3) is 1.60. The van der Waals surface area contributed by atoms with Gasteiger partial charge in [-0.2, -0.15) is 0 Å². The van der Waals surface area contributed by atoms with Gasteiger partial charge in [-0.15, -0.1) is 0 Å². The Bertz CT molecular complexity index is 376. The molecule has 1 aromatic carbocycles. The minimum atomic E-state index is -1.15. The molecule has 0 aliphatic heterocycles.